The van der Waals surface area contributed by atoms with Crippen LogP contribution in [-0.4, -0.2) is 26.0 Å². The Morgan fingerprint density at radius 2 is 1.91 bits per heavy atom. The number of hydrogen-bond acceptors (Lipinski definition) is 5. The summed E-state index contributed by atoms with van der Waals surface area (Å²) in [5, 5.41) is 10.3. The van der Waals surface area contributed by atoms with Gasteiger partial charge in [-0.1, -0.05) is 34.6 Å². The summed E-state index contributed by atoms with van der Waals surface area (Å²) in [6, 6.07) is 0. The second kappa shape index (κ2) is 6.58. The number of aromatic nitrogens is 3. The van der Waals surface area contributed by atoms with E-state index in [0.29, 0.717) is 11.5 Å². The van der Waals surface area contributed by atoms with E-state index >= 15 is 0 Å². The molecule has 6 heteroatoms. The van der Waals surface area contributed by atoms with Crippen LogP contribution in [-0.2, 0) is 5.41 Å². The standard InChI is InChI=1S/C17H21N3O2S/c1-10(2)14-12(15(21)22)9-18-13(20-14)7-6-11-8-19-16(23-11)17(3,4)5/h6-10H,1-5H3,(H,21,22). The van der Waals surface area contributed by atoms with Crippen molar-refractivity contribution in [2.75, 3.05) is 0 Å². The van der Waals surface area contributed by atoms with Crippen LogP contribution in [0.5, 0.6) is 0 Å². The van der Waals surface area contributed by atoms with Crippen LogP contribution in [0, 0.1) is 0 Å². The topological polar surface area (TPSA) is 76.0 Å². The summed E-state index contributed by atoms with van der Waals surface area (Å²) in [7, 11) is 0. The van der Waals surface area contributed by atoms with Crippen molar-refractivity contribution < 1.29 is 9.90 Å². The van der Waals surface area contributed by atoms with Gasteiger partial charge in [0, 0.05) is 22.7 Å². The van der Waals surface area contributed by atoms with Crippen LogP contribution in [0.25, 0.3) is 12.2 Å². The van der Waals surface area contributed by atoms with E-state index < -0.39 is 5.97 Å². The van der Waals surface area contributed by atoms with Crippen molar-refractivity contribution in [2.24, 2.45) is 0 Å². The lowest BCUT2D eigenvalue weighted by Gasteiger charge is -2.13. The number of nitrogens with zero attached hydrogens (tertiary/aromatic N) is 3. The van der Waals surface area contributed by atoms with Gasteiger partial charge in [-0.25, -0.2) is 19.7 Å². The van der Waals surface area contributed by atoms with Crippen LogP contribution < -0.4 is 0 Å². The summed E-state index contributed by atoms with van der Waals surface area (Å²) in [6.07, 6.45) is 6.90. The van der Waals surface area contributed by atoms with E-state index in [2.05, 4.69) is 35.7 Å². The summed E-state index contributed by atoms with van der Waals surface area (Å²) >= 11 is 1.63. The normalized spacial score (nSPS) is 12.3. The molecule has 0 aromatic carbocycles. The molecule has 0 radical (unpaired) electrons. The van der Waals surface area contributed by atoms with Crippen molar-refractivity contribution in [3.63, 3.8) is 0 Å². The van der Waals surface area contributed by atoms with Crippen LogP contribution in [0.4, 0.5) is 0 Å². The Labute approximate surface area is 140 Å². The largest absolute Gasteiger partial charge is 0.478 e. The van der Waals surface area contributed by atoms with Gasteiger partial charge in [-0.3, -0.25) is 0 Å². The maximum Gasteiger partial charge on any atom is 0.339 e. The van der Waals surface area contributed by atoms with Gasteiger partial charge in [-0.15, -0.1) is 11.3 Å². The molecule has 122 valence electrons. The molecule has 0 fully saturated rings. The van der Waals surface area contributed by atoms with Crippen molar-refractivity contribution in [2.45, 2.75) is 46.0 Å². The fourth-order valence-corrected chi connectivity index (χ4v) is 2.84. The van der Waals surface area contributed by atoms with Crippen LogP contribution >= 0.6 is 11.3 Å². The molecule has 0 aliphatic rings. The Kier molecular flexibility index (Phi) is 4.94. The van der Waals surface area contributed by atoms with Crippen molar-refractivity contribution in [1.82, 2.24) is 15.0 Å². The fourth-order valence-electron chi connectivity index (χ4n) is 1.96. The average molecular weight is 331 g/mol. The zero-order valence-corrected chi connectivity index (χ0v) is 14.8. The molecule has 2 aromatic heterocycles. The zero-order valence-electron chi connectivity index (χ0n) is 14.0. The van der Waals surface area contributed by atoms with Gasteiger partial charge in [0.25, 0.3) is 0 Å². The van der Waals surface area contributed by atoms with Crippen molar-refractivity contribution in [3.05, 3.63) is 39.4 Å². The molecule has 1 N–H and O–H groups in total. The first-order valence-corrected chi connectivity index (χ1v) is 8.24. The molecular weight excluding hydrogens is 310 g/mol. The molecule has 2 rings (SSSR count). The van der Waals surface area contributed by atoms with E-state index in [9.17, 15) is 9.90 Å². The molecule has 0 spiro atoms. The number of rotatable bonds is 4. The lowest BCUT2D eigenvalue weighted by atomic mass is 9.98. The predicted octanol–water partition coefficient (Wildman–Crippen LogP) is 4.22. The Balaban J connectivity index is 2.28. The van der Waals surface area contributed by atoms with Crippen molar-refractivity contribution >= 4 is 29.5 Å². The first-order chi connectivity index (χ1) is 10.7. The van der Waals surface area contributed by atoms with E-state index in [1.54, 1.807) is 17.4 Å². The van der Waals surface area contributed by atoms with Gasteiger partial charge in [0.1, 0.15) is 0 Å². The lowest BCUT2D eigenvalue weighted by molar-refractivity contribution is 0.0694. The van der Waals surface area contributed by atoms with Gasteiger partial charge in [0.05, 0.1) is 16.3 Å². The zero-order chi connectivity index (χ0) is 17.2. The van der Waals surface area contributed by atoms with E-state index in [1.807, 2.05) is 26.1 Å². The summed E-state index contributed by atoms with van der Waals surface area (Å²) in [5.41, 5.74) is 0.734. The average Bonchev–Trinajstić information content (AvgIpc) is 2.93. The molecule has 0 saturated heterocycles. The third kappa shape index (κ3) is 4.22. The molecule has 0 aliphatic carbocycles. The molecular formula is C17H21N3O2S. The quantitative estimate of drug-likeness (QED) is 0.907. The summed E-state index contributed by atoms with van der Waals surface area (Å²) in [4.78, 5) is 25.1. The van der Waals surface area contributed by atoms with E-state index in [0.717, 1.165) is 9.88 Å². The number of carboxylic acids is 1. The highest BCUT2D eigenvalue weighted by Gasteiger charge is 2.18. The molecule has 2 aromatic rings. The number of carbonyl (C=O) groups is 1. The first kappa shape index (κ1) is 17.3. The molecule has 0 atom stereocenters. The Bertz CT molecular complexity index is 743. The van der Waals surface area contributed by atoms with E-state index in [-0.39, 0.29) is 16.9 Å². The van der Waals surface area contributed by atoms with Gasteiger partial charge in [0.15, 0.2) is 5.82 Å². The number of hydrogen-bond donors (Lipinski definition) is 1. The van der Waals surface area contributed by atoms with Crippen LogP contribution in [0.3, 0.4) is 0 Å². The molecule has 0 amide bonds. The van der Waals surface area contributed by atoms with Gasteiger partial charge in [-0.05, 0) is 18.1 Å². The maximum atomic E-state index is 11.2. The minimum Gasteiger partial charge on any atom is -0.478 e. The van der Waals surface area contributed by atoms with Crippen LogP contribution in [0.2, 0.25) is 0 Å². The Morgan fingerprint density at radius 3 is 2.43 bits per heavy atom. The van der Waals surface area contributed by atoms with Crippen molar-refractivity contribution in [1.29, 1.82) is 0 Å². The predicted molar refractivity (Wildman–Crippen MR) is 92.8 cm³/mol. The van der Waals surface area contributed by atoms with Crippen LogP contribution in [0.15, 0.2) is 12.4 Å². The molecule has 0 bridgehead atoms. The first-order valence-electron chi connectivity index (χ1n) is 7.43. The van der Waals surface area contributed by atoms with Gasteiger partial charge < -0.3 is 5.11 Å². The third-order valence-electron chi connectivity index (χ3n) is 3.18. The molecule has 5 nitrogen and oxygen atoms in total. The SMILES string of the molecule is CC(C)c1nc(C=Cc2cnc(C(C)(C)C)s2)ncc1C(=O)O. The third-order valence-corrected chi connectivity index (χ3v) is 4.56. The summed E-state index contributed by atoms with van der Waals surface area (Å²) < 4.78 is 0. The fraction of sp³-hybridized carbons (Fsp3) is 0.412. The van der Waals surface area contributed by atoms with E-state index in [1.165, 1.54) is 6.20 Å². The summed E-state index contributed by atoms with van der Waals surface area (Å²) in [5.74, 6) is -0.474. The smallest absolute Gasteiger partial charge is 0.339 e. The monoisotopic (exact) mass is 331 g/mol. The second-order valence-electron chi connectivity index (χ2n) is 6.64. The van der Waals surface area contributed by atoms with Gasteiger partial charge in [-0.2, -0.15) is 0 Å². The number of carboxylic acid groups (broad SMARTS) is 1. The van der Waals surface area contributed by atoms with Gasteiger partial charge >= 0.3 is 5.97 Å². The van der Waals surface area contributed by atoms with Gasteiger partial charge in [0.2, 0.25) is 0 Å². The maximum absolute atomic E-state index is 11.2. The second-order valence-corrected chi connectivity index (χ2v) is 7.70. The minimum absolute atomic E-state index is 0.0205. The highest BCUT2D eigenvalue weighted by atomic mass is 32.1. The molecule has 23 heavy (non-hydrogen) atoms. The molecule has 2 heterocycles. The Morgan fingerprint density at radius 1 is 1.22 bits per heavy atom. The van der Waals surface area contributed by atoms with E-state index in [4.69, 9.17) is 0 Å². The summed E-state index contributed by atoms with van der Waals surface area (Å²) in [6.45, 7) is 10.2. The molecule has 0 unspecified atom stereocenters. The highest BCUT2D eigenvalue weighted by Crippen LogP contribution is 2.27. The number of aromatic carboxylic acids is 1. The number of thiazole rings is 1. The van der Waals surface area contributed by atoms with Crippen LogP contribution in [0.1, 0.15) is 72.3 Å². The Hall–Kier alpha value is -2.08. The lowest BCUT2D eigenvalue weighted by Crippen LogP contribution is -2.09. The molecule has 0 aliphatic heterocycles. The minimum atomic E-state index is -0.999. The van der Waals surface area contributed by atoms with Crippen molar-refractivity contribution in [3.8, 4) is 0 Å². The molecule has 0 saturated carbocycles. The highest BCUT2D eigenvalue weighted by molar-refractivity contribution is 7.12.